The zero-order chi connectivity index (χ0) is 17.5. The van der Waals surface area contributed by atoms with Gasteiger partial charge in [-0.2, -0.15) is 0 Å². The minimum Gasteiger partial charge on any atom is -0.377 e. The number of nitrogens with zero attached hydrogens (tertiary/aromatic N) is 3. The molecule has 1 unspecified atom stereocenters. The van der Waals surface area contributed by atoms with Crippen LogP contribution in [0.3, 0.4) is 0 Å². The molecule has 26 heavy (non-hydrogen) atoms. The molecule has 0 radical (unpaired) electrons. The lowest BCUT2D eigenvalue weighted by atomic mass is 10.2. The van der Waals surface area contributed by atoms with Crippen molar-refractivity contribution in [2.75, 3.05) is 65.5 Å². The number of carbonyl (C=O) groups is 2. The molecule has 3 aliphatic rings. The second-order valence-electron chi connectivity index (χ2n) is 7.34. The van der Waals surface area contributed by atoms with E-state index in [1.807, 2.05) is 9.80 Å². The quantitative estimate of drug-likeness (QED) is 0.681. The number of rotatable bonds is 7. The van der Waals surface area contributed by atoms with Crippen LogP contribution in [0, 0.1) is 0 Å². The number of likely N-dealkylation sites (tertiary alicyclic amines) is 1. The zero-order valence-electron chi connectivity index (χ0n) is 15.7. The van der Waals surface area contributed by atoms with Gasteiger partial charge in [0.1, 0.15) is 0 Å². The van der Waals surface area contributed by atoms with Crippen molar-refractivity contribution in [3.63, 3.8) is 0 Å². The summed E-state index contributed by atoms with van der Waals surface area (Å²) < 4.78 is 5.74. The average molecular weight is 389 g/mol. The zero-order valence-corrected chi connectivity index (χ0v) is 16.5. The van der Waals surface area contributed by atoms with Crippen molar-refractivity contribution in [3.05, 3.63) is 0 Å². The van der Waals surface area contributed by atoms with Crippen LogP contribution < -0.4 is 5.32 Å². The lowest BCUT2D eigenvalue weighted by Gasteiger charge is -2.30. The summed E-state index contributed by atoms with van der Waals surface area (Å²) in [5.41, 5.74) is 0. The number of hydrogen-bond donors (Lipinski definition) is 1. The molecule has 3 heterocycles. The Labute approximate surface area is 162 Å². The molecule has 0 aromatic carbocycles. The van der Waals surface area contributed by atoms with E-state index in [1.165, 1.54) is 0 Å². The van der Waals surface area contributed by atoms with Crippen molar-refractivity contribution >= 4 is 24.2 Å². The minimum absolute atomic E-state index is 0. The van der Waals surface area contributed by atoms with Crippen LogP contribution in [0.5, 0.6) is 0 Å². The number of halogens is 1. The van der Waals surface area contributed by atoms with E-state index in [0.717, 1.165) is 78.1 Å². The van der Waals surface area contributed by atoms with Crippen LogP contribution in [0.25, 0.3) is 0 Å². The maximum absolute atomic E-state index is 12.5. The fraction of sp³-hybridized carbons (Fsp3) is 0.889. The van der Waals surface area contributed by atoms with Crippen LogP contribution in [-0.4, -0.2) is 98.1 Å². The molecule has 0 spiro atoms. The summed E-state index contributed by atoms with van der Waals surface area (Å²) >= 11 is 0. The largest absolute Gasteiger partial charge is 0.377 e. The molecular formula is C18H33ClN4O3. The maximum Gasteiger partial charge on any atom is 0.236 e. The SMILES string of the molecule is Cl.O=C(CCN(CC(=O)N1CCCC1)CC1CCCO1)N1CCNCC1. The van der Waals surface area contributed by atoms with Gasteiger partial charge in [0.25, 0.3) is 0 Å². The lowest BCUT2D eigenvalue weighted by molar-refractivity contribution is -0.134. The highest BCUT2D eigenvalue weighted by atomic mass is 35.5. The van der Waals surface area contributed by atoms with Gasteiger partial charge in [-0.25, -0.2) is 0 Å². The Bertz CT molecular complexity index is 448. The molecule has 0 aromatic heterocycles. The van der Waals surface area contributed by atoms with Crippen LogP contribution in [0.4, 0.5) is 0 Å². The first-order valence-electron chi connectivity index (χ1n) is 9.82. The van der Waals surface area contributed by atoms with E-state index < -0.39 is 0 Å². The van der Waals surface area contributed by atoms with Gasteiger partial charge in [-0.05, 0) is 25.7 Å². The summed E-state index contributed by atoms with van der Waals surface area (Å²) in [7, 11) is 0. The third-order valence-corrected chi connectivity index (χ3v) is 5.42. The molecule has 0 bridgehead atoms. The van der Waals surface area contributed by atoms with Crippen molar-refractivity contribution in [1.82, 2.24) is 20.0 Å². The third kappa shape index (κ3) is 6.37. The topological polar surface area (TPSA) is 65.1 Å². The Morgan fingerprint density at radius 1 is 1.00 bits per heavy atom. The number of piperazine rings is 1. The van der Waals surface area contributed by atoms with E-state index in [4.69, 9.17) is 4.74 Å². The van der Waals surface area contributed by atoms with Crippen molar-refractivity contribution in [2.24, 2.45) is 0 Å². The minimum atomic E-state index is 0. The van der Waals surface area contributed by atoms with Gasteiger partial charge in [-0.1, -0.05) is 0 Å². The average Bonchev–Trinajstić information content (AvgIpc) is 3.34. The summed E-state index contributed by atoms with van der Waals surface area (Å²) in [5.74, 6) is 0.401. The highest BCUT2D eigenvalue weighted by Gasteiger charge is 2.25. The molecule has 3 fully saturated rings. The molecule has 3 aliphatic heterocycles. The Hall–Kier alpha value is -0.890. The summed E-state index contributed by atoms with van der Waals surface area (Å²) in [4.78, 5) is 31.0. The van der Waals surface area contributed by atoms with E-state index in [0.29, 0.717) is 19.5 Å². The molecule has 150 valence electrons. The fourth-order valence-corrected chi connectivity index (χ4v) is 3.90. The fourth-order valence-electron chi connectivity index (χ4n) is 3.90. The molecule has 2 amide bonds. The molecule has 0 aromatic rings. The first-order chi connectivity index (χ1) is 12.2. The van der Waals surface area contributed by atoms with E-state index in [9.17, 15) is 9.59 Å². The van der Waals surface area contributed by atoms with Gasteiger partial charge in [0.05, 0.1) is 12.6 Å². The number of carbonyl (C=O) groups excluding carboxylic acids is 2. The van der Waals surface area contributed by atoms with E-state index in [1.54, 1.807) is 0 Å². The van der Waals surface area contributed by atoms with Gasteiger partial charge in [-0.15, -0.1) is 12.4 Å². The molecule has 0 saturated carbocycles. The van der Waals surface area contributed by atoms with Crippen molar-refractivity contribution in [1.29, 1.82) is 0 Å². The number of nitrogens with one attached hydrogen (secondary N) is 1. The number of hydrogen-bond acceptors (Lipinski definition) is 5. The number of amides is 2. The molecule has 3 rings (SSSR count). The Morgan fingerprint density at radius 3 is 2.35 bits per heavy atom. The van der Waals surface area contributed by atoms with Crippen molar-refractivity contribution < 1.29 is 14.3 Å². The van der Waals surface area contributed by atoms with Crippen LogP contribution in [0.15, 0.2) is 0 Å². The predicted octanol–water partition coefficient (Wildman–Crippen LogP) is 0.334. The van der Waals surface area contributed by atoms with Gasteiger partial charge in [0, 0.05) is 65.4 Å². The predicted molar refractivity (Wildman–Crippen MR) is 103 cm³/mol. The van der Waals surface area contributed by atoms with Crippen molar-refractivity contribution in [2.45, 2.75) is 38.2 Å². The molecule has 3 saturated heterocycles. The van der Waals surface area contributed by atoms with Gasteiger partial charge in [0.15, 0.2) is 0 Å². The smallest absolute Gasteiger partial charge is 0.236 e. The molecule has 1 N–H and O–H groups in total. The molecule has 7 nitrogen and oxygen atoms in total. The summed E-state index contributed by atoms with van der Waals surface area (Å²) in [5, 5.41) is 3.27. The monoisotopic (exact) mass is 388 g/mol. The van der Waals surface area contributed by atoms with Crippen LogP contribution >= 0.6 is 12.4 Å². The Morgan fingerprint density at radius 2 is 1.69 bits per heavy atom. The van der Waals surface area contributed by atoms with E-state index >= 15 is 0 Å². The lowest BCUT2D eigenvalue weighted by Crippen LogP contribution is -2.48. The van der Waals surface area contributed by atoms with Gasteiger partial charge in [-0.3, -0.25) is 14.5 Å². The Kier molecular flexibility index (Phi) is 9.11. The first kappa shape index (κ1) is 21.4. The van der Waals surface area contributed by atoms with E-state index in [-0.39, 0.29) is 30.3 Å². The first-order valence-corrected chi connectivity index (χ1v) is 9.82. The molecule has 8 heteroatoms. The Balaban J connectivity index is 0.00000243. The number of ether oxygens (including phenoxy) is 1. The van der Waals surface area contributed by atoms with Gasteiger partial charge in [0.2, 0.25) is 11.8 Å². The summed E-state index contributed by atoms with van der Waals surface area (Å²) in [6.45, 7) is 7.72. The molecule has 1 atom stereocenters. The highest BCUT2D eigenvalue weighted by molar-refractivity contribution is 5.85. The second kappa shape index (κ2) is 11.1. The standard InChI is InChI=1S/C18H32N4O3.ClH/c23-17(22-11-6-19-7-12-22)5-10-20(14-16-4-3-13-25-16)15-18(24)21-8-1-2-9-21;/h16,19H,1-15H2;1H. The normalized spacial score (nSPS) is 23.3. The highest BCUT2D eigenvalue weighted by Crippen LogP contribution is 2.15. The summed E-state index contributed by atoms with van der Waals surface area (Å²) in [6.07, 6.45) is 5.07. The van der Waals surface area contributed by atoms with Crippen LogP contribution in [-0.2, 0) is 14.3 Å². The van der Waals surface area contributed by atoms with Crippen LogP contribution in [0.2, 0.25) is 0 Å². The summed E-state index contributed by atoms with van der Waals surface area (Å²) in [6, 6.07) is 0. The third-order valence-electron chi connectivity index (χ3n) is 5.42. The van der Waals surface area contributed by atoms with Gasteiger partial charge < -0.3 is 19.9 Å². The van der Waals surface area contributed by atoms with Crippen LogP contribution in [0.1, 0.15) is 32.1 Å². The van der Waals surface area contributed by atoms with E-state index in [2.05, 4.69) is 10.2 Å². The molecule has 0 aliphatic carbocycles. The second-order valence-corrected chi connectivity index (χ2v) is 7.34. The van der Waals surface area contributed by atoms with Gasteiger partial charge >= 0.3 is 0 Å². The van der Waals surface area contributed by atoms with Crippen molar-refractivity contribution in [3.8, 4) is 0 Å². The molecular weight excluding hydrogens is 356 g/mol. The maximum atomic E-state index is 12.5.